The molecule has 3 nitrogen and oxygen atoms in total. The normalized spacial score (nSPS) is 25.0. The van der Waals surface area contributed by atoms with Crippen LogP contribution in [0.4, 0.5) is 0 Å². The first kappa shape index (κ1) is 11.2. The van der Waals surface area contributed by atoms with Gasteiger partial charge in [0.1, 0.15) is 0 Å². The Morgan fingerprint density at radius 3 is 2.94 bits per heavy atom. The highest BCUT2D eigenvalue weighted by Gasteiger charge is 2.30. The van der Waals surface area contributed by atoms with Gasteiger partial charge in [0.05, 0.1) is 12.3 Å². The van der Waals surface area contributed by atoms with Crippen molar-refractivity contribution in [2.24, 2.45) is 5.92 Å². The molecule has 0 saturated carbocycles. The van der Waals surface area contributed by atoms with E-state index in [1.165, 1.54) is 0 Å². The van der Waals surface area contributed by atoms with Gasteiger partial charge >= 0.3 is 5.97 Å². The van der Waals surface area contributed by atoms with Gasteiger partial charge in [0.2, 0.25) is 6.29 Å². The Labute approximate surface area is 98.3 Å². The minimum absolute atomic E-state index is 0.220. The van der Waals surface area contributed by atoms with Crippen LogP contribution in [0.25, 0.3) is 6.08 Å². The van der Waals surface area contributed by atoms with Gasteiger partial charge in [-0.3, -0.25) is 4.79 Å². The molecule has 1 saturated heterocycles. The van der Waals surface area contributed by atoms with Gasteiger partial charge in [0.15, 0.2) is 0 Å². The SMILES string of the molecule is O=C1CC(/C=C/c2cccc(Cl)c2)C(O)O1. The monoisotopic (exact) mass is 238 g/mol. The number of cyclic esters (lactones) is 1. The molecule has 0 amide bonds. The number of hydrogen-bond acceptors (Lipinski definition) is 3. The number of aliphatic hydroxyl groups excluding tert-OH is 1. The minimum atomic E-state index is -1.03. The van der Waals surface area contributed by atoms with Crippen LogP contribution in [0.5, 0.6) is 0 Å². The lowest BCUT2D eigenvalue weighted by Gasteiger charge is -2.05. The van der Waals surface area contributed by atoms with Crippen LogP contribution in [0, 0.1) is 5.92 Å². The number of carbonyl (C=O) groups excluding carboxylic acids is 1. The Kier molecular flexibility index (Phi) is 3.27. The first-order valence-corrected chi connectivity index (χ1v) is 5.34. The zero-order chi connectivity index (χ0) is 11.5. The molecule has 1 fully saturated rings. The fourth-order valence-electron chi connectivity index (χ4n) is 1.57. The van der Waals surface area contributed by atoms with Crippen molar-refractivity contribution in [1.82, 2.24) is 0 Å². The fourth-order valence-corrected chi connectivity index (χ4v) is 1.77. The van der Waals surface area contributed by atoms with E-state index in [9.17, 15) is 9.90 Å². The molecule has 2 rings (SSSR count). The van der Waals surface area contributed by atoms with Crippen molar-refractivity contribution in [2.75, 3.05) is 0 Å². The highest BCUT2D eigenvalue weighted by atomic mass is 35.5. The second-order valence-corrected chi connectivity index (χ2v) is 4.10. The van der Waals surface area contributed by atoms with Crippen LogP contribution in [0.2, 0.25) is 5.02 Å². The van der Waals surface area contributed by atoms with E-state index in [0.717, 1.165) is 5.56 Å². The van der Waals surface area contributed by atoms with Crippen LogP contribution in [-0.2, 0) is 9.53 Å². The number of hydrogen-bond donors (Lipinski definition) is 1. The van der Waals surface area contributed by atoms with Gasteiger partial charge in [0, 0.05) is 5.02 Å². The highest BCUT2D eigenvalue weighted by molar-refractivity contribution is 6.30. The zero-order valence-electron chi connectivity index (χ0n) is 8.47. The molecule has 4 heteroatoms. The van der Waals surface area contributed by atoms with Crippen LogP contribution >= 0.6 is 11.6 Å². The molecular weight excluding hydrogens is 228 g/mol. The van der Waals surface area contributed by atoms with Crippen molar-refractivity contribution in [1.29, 1.82) is 0 Å². The molecule has 2 atom stereocenters. The van der Waals surface area contributed by atoms with Gasteiger partial charge in [-0.1, -0.05) is 35.9 Å². The van der Waals surface area contributed by atoms with Crippen molar-refractivity contribution >= 4 is 23.6 Å². The molecule has 0 spiro atoms. The third-order valence-corrected chi connectivity index (χ3v) is 2.64. The highest BCUT2D eigenvalue weighted by Crippen LogP contribution is 2.22. The van der Waals surface area contributed by atoms with Crippen molar-refractivity contribution in [2.45, 2.75) is 12.7 Å². The summed E-state index contributed by atoms with van der Waals surface area (Å²) in [6.07, 6.45) is 2.78. The van der Waals surface area contributed by atoms with Crippen LogP contribution in [-0.4, -0.2) is 17.4 Å². The van der Waals surface area contributed by atoms with Crippen LogP contribution in [0.15, 0.2) is 30.3 Å². The fraction of sp³-hybridized carbons (Fsp3) is 0.250. The smallest absolute Gasteiger partial charge is 0.308 e. The molecule has 1 aliphatic rings. The van der Waals surface area contributed by atoms with E-state index in [0.29, 0.717) is 5.02 Å². The van der Waals surface area contributed by atoms with Crippen molar-refractivity contribution in [3.8, 4) is 0 Å². The Morgan fingerprint density at radius 2 is 2.31 bits per heavy atom. The summed E-state index contributed by atoms with van der Waals surface area (Å²) in [6.45, 7) is 0. The molecule has 2 unspecified atom stereocenters. The van der Waals surface area contributed by atoms with Crippen LogP contribution in [0.1, 0.15) is 12.0 Å². The van der Waals surface area contributed by atoms with Crippen molar-refractivity contribution in [3.63, 3.8) is 0 Å². The van der Waals surface area contributed by atoms with E-state index in [4.69, 9.17) is 11.6 Å². The first-order valence-electron chi connectivity index (χ1n) is 4.96. The van der Waals surface area contributed by atoms with E-state index in [-0.39, 0.29) is 18.3 Å². The average molecular weight is 239 g/mol. The molecule has 84 valence electrons. The number of ether oxygens (including phenoxy) is 1. The zero-order valence-corrected chi connectivity index (χ0v) is 9.22. The van der Waals surface area contributed by atoms with Gasteiger partial charge in [0.25, 0.3) is 0 Å². The van der Waals surface area contributed by atoms with Gasteiger partial charge in [-0.15, -0.1) is 0 Å². The average Bonchev–Trinajstić information content (AvgIpc) is 2.54. The number of esters is 1. The Morgan fingerprint density at radius 1 is 1.50 bits per heavy atom. The quantitative estimate of drug-likeness (QED) is 0.804. The topological polar surface area (TPSA) is 46.5 Å². The summed E-state index contributed by atoms with van der Waals surface area (Å²) >= 11 is 5.83. The molecule has 1 heterocycles. The van der Waals surface area contributed by atoms with E-state index in [1.54, 1.807) is 12.1 Å². The summed E-state index contributed by atoms with van der Waals surface area (Å²) in [5, 5.41) is 10.0. The summed E-state index contributed by atoms with van der Waals surface area (Å²) in [7, 11) is 0. The molecule has 0 bridgehead atoms. The molecule has 0 aliphatic carbocycles. The number of benzene rings is 1. The Bertz CT molecular complexity index is 428. The summed E-state index contributed by atoms with van der Waals surface area (Å²) in [5.74, 6) is -0.639. The largest absolute Gasteiger partial charge is 0.435 e. The maximum absolute atomic E-state index is 10.9. The summed E-state index contributed by atoms with van der Waals surface area (Å²) in [4.78, 5) is 10.9. The number of rotatable bonds is 2. The summed E-state index contributed by atoms with van der Waals surface area (Å²) in [6, 6.07) is 7.33. The molecule has 16 heavy (non-hydrogen) atoms. The Balaban J connectivity index is 2.07. The van der Waals surface area contributed by atoms with Gasteiger partial charge in [-0.05, 0) is 17.7 Å². The first-order chi connectivity index (χ1) is 7.65. The lowest BCUT2D eigenvalue weighted by Crippen LogP contribution is -2.12. The number of halogens is 1. The molecule has 0 radical (unpaired) electrons. The van der Waals surface area contributed by atoms with Crippen molar-refractivity contribution < 1.29 is 14.6 Å². The van der Waals surface area contributed by atoms with E-state index < -0.39 is 6.29 Å². The molecule has 1 aromatic rings. The maximum Gasteiger partial charge on any atom is 0.308 e. The minimum Gasteiger partial charge on any atom is -0.435 e. The maximum atomic E-state index is 10.9. The lowest BCUT2D eigenvalue weighted by atomic mass is 10.1. The van der Waals surface area contributed by atoms with Gasteiger partial charge in [-0.2, -0.15) is 0 Å². The van der Waals surface area contributed by atoms with Crippen molar-refractivity contribution in [3.05, 3.63) is 40.9 Å². The molecular formula is C12H11ClO3. The van der Waals surface area contributed by atoms with Gasteiger partial charge < -0.3 is 9.84 Å². The second kappa shape index (κ2) is 4.68. The third-order valence-electron chi connectivity index (χ3n) is 2.41. The second-order valence-electron chi connectivity index (χ2n) is 3.66. The Hall–Kier alpha value is -1.32. The number of carbonyl (C=O) groups is 1. The molecule has 1 aliphatic heterocycles. The van der Waals surface area contributed by atoms with E-state index in [1.807, 2.05) is 24.3 Å². The standard InChI is InChI=1S/C12H11ClO3/c13-10-3-1-2-8(6-10)4-5-9-7-11(14)16-12(9)15/h1-6,9,12,15H,7H2/b5-4+. The van der Waals surface area contributed by atoms with Crippen LogP contribution < -0.4 is 0 Å². The summed E-state index contributed by atoms with van der Waals surface area (Å²) < 4.78 is 4.63. The third kappa shape index (κ3) is 2.62. The summed E-state index contributed by atoms with van der Waals surface area (Å²) in [5.41, 5.74) is 0.930. The predicted octanol–water partition coefficient (Wildman–Crippen LogP) is 2.23. The predicted molar refractivity (Wildman–Crippen MR) is 60.7 cm³/mol. The van der Waals surface area contributed by atoms with Crippen LogP contribution in [0.3, 0.4) is 0 Å². The molecule has 1 aromatic carbocycles. The molecule has 0 aromatic heterocycles. The number of aliphatic hydroxyl groups is 1. The van der Waals surface area contributed by atoms with Gasteiger partial charge in [-0.25, -0.2) is 0 Å². The van der Waals surface area contributed by atoms with E-state index in [2.05, 4.69) is 4.74 Å². The lowest BCUT2D eigenvalue weighted by molar-refractivity contribution is -0.154. The van der Waals surface area contributed by atoms with E-state index >= 15 is 0 Å². The molecule has 1 N–H and O–H groups in total.